The molecule has 1 amide bonds. The third kappa shape index (κ3) is 2.89. The van der Waals surface area contributed by atoms with Crippen molar-refractivity contribution in [2.24, 2.45) is 0 Å². The van der Waals surface area contributed by atoms with E-state index in [1.807, 2.05) is 17.5 Å². The summed E-state index contributed by atoms with van der Waals surface area (Å²) in [6.07, 6.45) is 0. The molecule has 2 aromatic rings. The molecule has 0 saturated heterocycles. The van der Waals surface area contributed by atoms with Gasteiger partial charge in [-0.2, -0.15) is 0 Å². The molecule has 0 atom stereocenters. The Hall–Kier alpha value is -1.39. The van der Waals surface area contributed by atoms with E-state index in [9.17, 15) is 9.18 Å². The molecule has 0 saturated carbocycles. The van der Waals surface area contributed by atoms with Crippen molar-refractivity contribution in [3.8, 4) is 0 Å². The summed E-state index contributed by atoms with van der Waals surface area (Å²) in [6, 6.07) is 9.99. The van der Waals surface area contributed by atoms with Crippen molar-refractivity contribution >= 4 is 34.5 Å². The van der Waals surface area contributed by atoms with Crippen molar-refractivity contribution in [3.05, 3.63) is 52.5 Å². The molecule has 18 heavy (non-hydrogen) atoms. The van der Waals surface area contributed by atoms with Gasteiger partial charge in [0.25, 0.3) is 0 Å². The van der Waals surface area contributed by atoms with Crippen LogP contribution in [0.5, 0.6) is 0 Å². The van der Waals surface area contributed by atoms with Gasteiger partial charge >= 0.3 is 0 Å². The number of carbonyl (C=O) groups is 1. The molecule has 5 heteroatoms. The van der Waals surface area contributed by atoms with E-state index in [4.69, 9.17) is 11.6 Å². The lowest BCUT2D eigenvalue weighted by atomic mass is 10.2. The second-order valence-corrected chi connectivity index (χ2v) is 4.94. The molecule has 0 fully saturated rings. The number of halogens is 2. The number of carbonyl (C=O) groups excluding carboxylic acids is 1. The van der Waals surface area contributed by atoms with Gasteiger partial charge in [0, 0.05) is 4.88 Å². The van der Waals surface area contributed by atoms with Gasteiger partial charge in [-0.15, -0.1) is 22.9 Å². The molecular weight excluding hydrogens is 273 g/mol. The van der Waals surface area contributed by atoms with Gasteiger partial charge in [-0.05, 0) is 23.6 Å². The fraction of sp³-hybridized carbons (Fsp3) is 0.154. The first-order valence-corrected chi connectivity index (χ1v) is 6.77. The van der Waals surface area contributed by atoms with E-state index in [0.29, 0.717) is 6.54 Å². The lowest BCUT2D eigenvalue weighted by Gasteiger charge is -2.21. The van der Waals surface area contributed by atoms with Crippen LogP contribution in [0.15, 0.2) is 41.8 Å². The summed E-state index contributed by atoms with van der Waals surface area (Å²) in [5.74, 6) is -0.901. The summed E-state index contributed by atoms with van der Waals surface area (Å²) >= 11 is 7.10. The molecule has 0 bridgehead atoms. The average molecular weight is 284 g/mol. The monoisotopic (exact) mass is 283 g/mol. The summed E-state index contributed by atoms with van der Waals surface area (Å²) < 4.78 is 13.7. The quantitative estimate of drug-likeness (QED) is 0.784. The standard InChI is InChI=1S/C13H11ClFNOS/c14-8-13(17)16(9-10-4-3-7-18-10)12-6-2-1-5-11(12)15/h1-7H,8-9H2. The van der Waals surface area contributed by atoms with Gasteiger partial charge in [-0.3, -0.25) is 4.79 Å². The fourth-order valence-electron chi connectivity index (χ4n) is 1.61. The van der Waals surface area contributed by atoms with Crippen molar-refractivity contribution < 1.29 is 9.18 Å². The van der Waals surface area contributed by atoms with Crippen molar-refractivity contribution in [2.45, 2.75) is 6.54 Å². The number of rotatable bonds is 4. The van der Waals surface area contributed by atoms with E-state index in [1.165, 1.54) is 22.3 Å². The maximum Gasteiger partial charge on any atom is 0.242 e. The molecule has 0 spiro atoms. The Labute approximate surface area is 114 Å². The molecular formula is C13H11ClFNOS. The normalized spacial score (nSPS) is 10.3. The van der Waals surface area contributed by atoms with Crippen molar-refractivity contribution in [1.29, 1.82) is 0 Å². The number of anilines is 1. The second-order valence-electron chi connectivity index (χ2n) is 3.64. The van der Waals surface area contributed by atoms with Crippen molar-refractivity contribution in [3.63, 3.8) is 0 Å². The number of para-hydroxylation sites is 1. The fourth-order valence-corrected chi connectivity index (χ4v) is 2.45. The summed E-state index contributed by atoms with van der Waals surface area (Å²) in [5.41, 5.74) is 0.261. The van der Waals surface area contributed by atoms with Gasteiger partial charge in [0.05, 0.1) is 12.2 Å². The Morgan fingerprint density at radius 2 is 2.06 bits per heavy atom. The zero-order chi connectivity index (χ0) is 13.0. The molecule has 2 rings (SSSR count). The van der Waals surface area contributed by atoms with E-state index in [2.05, 4.69) is 0 Å². The predicted molar refractivity (Wildman–Crippen MR) is 72.6 cm³/mol. The lowest BCUT2D eigenvalue weighted by molar-refractivity contribution is -0.116. The molecule has 2 nitrogen and oxygen atoms in total. The highest BCUT2D eigenvalue weighted by molar-refractivity contribution is 7.09. The van der Waals surface area contributed by atoms with Gasteiger partial charge in [-0.1, -0.05) is 18.2 Å². The summed E-state index contributed by atoms with van der Waals surface area (Å²) in [6.45, 7) is 0.337. The number of nitrogens with zero attached hydrogens (tertiary/aromatic N) is 1. The van der Waals surface area contributed by atoms with E-state index in [1.54, 1.807) is 18.2 Å². The number of alkyl halides is 1. The van der Waals surface area contributed by atoms with Crippen LogP contribution < -0.4 is 4.90 Å². The predicted octanol–water partition coefficient (Wildman–Crippen LogP) is 3.66. The van der Waals surface area contributed by atoms with Crippen LogP contribution in [-0.4, -0.2) is 11.8 Å². The van der Waals surface area contributed by atoms with E-state index in [0.717, 1.165) is 4.88 Å². The summed E-state index contributed by atoms with van der Waals surface area (Å²) in [4.78, 5) is 14.2. The Bertz CT molecular complexity index is 530. The van der Waals surface area contributed by atoms with E-state index < -0.39 is 5.82 Å². The Morgan fingerprint density at radius 1 is 1.28 bits per heavy atom. The van der Waals surface area contributed by atoms with Gasteiger partial charge in [0.15, 0.2) is 0 Å². The van der Waals surface area contributed by atoms with Crippen LogP contribution in [0.4, 0.5) is 10.1 Å². The molecule has 94 valence electrons. The minimum Gasteiger partial charge on any atom is -0.303 e. The second kappa shape index (κ2) is 5.98. The first-order chi connectivity index (χ1) is 8.72. The largest absolute Gasteiger partial charge is 0.303 e. The van der Waals surface area contributed by atoms with Gasteiger partial charge in [0.1, 0.15) is 11.7 Å². The van der Waals surface area contributed by atoms with Gasteiger partial charge < -0.3 is 4.90 Å². The van der Waals surface area contributed by atoms with Gasteiger partial charge in [-0.25, -0.2) is 4.39 Å². The van der Waals surface area contributed by atoms with Crippen molar-refractivity contribution in [1.82, 2.24) is 0 Å². The number of hydrogen-bond donors (Lipinski definition) is 0. The maximum atomic E-state index is 13.7. The van der Waals surface area contributed by atoms with Crippen LogP contribution in [0.25, 0.3) is 0 Å². The van der Waals surface area contributed by atoms with Crippen LogP contribution in [0.2, 0.25) is 0 Å². The molecule has 0 unspecified atom stereocenters. The Kier molecular flexibility index (Phi) is 4.33. The van der Waals surface area contributed by atoms with Crippen LogP contribution in [0.3, 0.4) is 0 Å². The van der Waals surface area contributed by atoms with Crippen LogP contribution >= 0.6 is 22.9 Å². The molecule has 0 radical (unpaired) electrons. The zero-order valence-corrected chi connectivity index (χ0v) is 11.0. The van der Waals surface area contributed by atoms with E-state index >= 15 is 0 Å². The number of amides is 1. The topological polar surface area (TPSA) is 20.3 Å². The highest BCUT2D eigenvalue weighted by Crippen LogP contribution is 2.23. The third-order valence-corrected chi connectivity index (χ3v) is 3.54. The highest BCUT2D eigenvalue weighted by Gasteiger charge is 2.18. The van der Waals surface area contributed by atoms with Gasteiger partial charge in [0.2, 0.25) is 5.91 Å². The smallest absolute Gasteiger partial charge is 0.242 e. The highest BCUT2D eigenvalue weighted by atomic mass is 35.5. The molecule has 0 aliphatic heterocycles. The summed E-state index contributed by atoms with van der Waals surface area (Å²) in [5, 5.41) is 1.92. The number of benzene rings is 1. The number of hydrogen-bond acceptors (Lipinski definition) is 2. The molecule has 0 N–H and O–H groups in total. The Balaban J connectivity index is 2.31. The Morgan fingerprint density at radius 3 is 2.67 bits per heavy atom. The third-order valence-electron chi connectivity index (χ3n) is 2.45. The average Bonchev–Trinajstić information content (AvgIpc) is 2.89. The van der Waals surface area contributed by atoms with Crippen LogP contribution in [0, 0.1) is 5.82 Å². The summed E-state index contributed by atoms with van der Waals surface area (Å²) in [7, 11) is 0. The molecule has 0 aliphatic carbocycles. The molecule has 1 aromatic carbocycles. The first-order valence-electron chi connectivity index (χ1n) is 5.35. The molecule has 0 aliphatic rings. The minimum atomic E-state index is -0.424. The molecule has 1 aromatic heterocycles. The van der Waals surface area contributed by atoms with Crippen LogP contribution in [-0.2, 0) is 11.3 Å². The lowest BCUT2D eigenvalue weighted by Crippen LogP contribution is -2.31. The molecule has 1 heterocycles. The van der Waals surface area contributed by atoms with Crippen LogP contribution in [0.1, 0.15) is 4.88 Å². The van der Waals surface area contributed by atoms with E-state index in [-0.39, 0.29) is 17.5 Å². The minimum absolute atomic E-state index is 0.167. The zero-order valence-electron chi connectivity index (χ0n) is 9.48. The SMILES string of the molecule is O=C(CCl)N(Cc1cccs1)c1ccccc1F. The first kappa shape index (κ1) is 13.1. The number of thiophene rings is 1. The maximum absolute atomic E-state index is 13.7. The van der Waals surface area contributed by atoms with Crippen molar-refractivity contribution in [2.75, 3.05) is 10.8 Å².